The normalized spacial score (nSPS) is 23.1. The Morgan fingerprint density at radius 2 is 2.28 bits per heavy atom. The quantitative estimate of drug-likeness (QED) is 0.848. The molecule has 0 amide bonds. The van der Waals surface area contributed by atoms with E-state index in [0.717, 1.165) is 5.82 Å². The van der Waals surface area contributed by atoms with Gasteiger partial charge in [-0.15, -0.1) is 11.3 Å². The van der Waals surface area contributed by atoms with Gasteiger partial charge in [0.25, 0.3) is 0 Å². The molecule has 2 nitrogen and oxygen atoms in total. The van der Waals surface area contributed by atoms with E-state index < -0.39 is 0 Å². The molecule has 0 radical (unpaired) electrons. The molecule has 2 aromatic heterocycles. The van der Waals surface area contributed by atoms with E-state index in [1.165, 1.54) is 35.8 Å². The molecule has 0 bridgehead atoms. The first-order valence-corrected chi connectivity index (χ1v) is 7.61. The summed E-state index contributed by atoms with van der Waals surface area (Å²) < 4.78 is 1.32. The minimum absolute atomic E-state index is 0.471. The molecule has 96 valence electrons. The fourth-order valence-electron chi connectivity index (χ4n) is 3.02. The number of rotatable bonds is 2. The highest BCUT2D eigenvalue weighted by Gasteiger charge is 2.28. The molecule has 1 aliphatic rings. The van der Waals surface area contributed by atoms with E-state index in [4.69, 9.17) is 0 Å². The Labute approximate surface area is 112 Å². The molecule has 0 aliphatic heterocycles. The average Bonchev–Trinajstić information content (AvgIpc) is 2.77. The van der Waals surface area contributed by atoms with Gasteiger partial charge in [-0.3, -0.25) is 0 Å². The van der Waals surface area contributed by atoms with Crippen LogP contribution >= 0.6 is 11.3 Å². The van der Waals surface area contributed by atoms with Gasteiger partial charge in [0.2, 0.25) is 0 Å². The number of fused-ring (bicyclic) bond motifs is 1. The van der Waals surface area contributed by atoms with Gasteiger partial charge in [-0.25, -0.2) is 4.98 Å². The highest BCUT2D eigenvalue weighted by Crippen LogP contribution is 2.37. The minimum atomic E-state index is 0.471. The Bertz CT molecular complexity index is 544. The number of pyridine rings is 1. The molecule has 2 aromatic rings. The van der Waals surface area contributed by atoms with Gasteiger partial charge >= 0.3 is 0 Å². The van der Waals surface area contributed by atoms with Crippen molar-refractivity contribution in [1.82, 2.24) is 4.98 Å². The topological polar surface area (TPSA) is 24.9 Å². The predicted molar refractivity (Wildman–Crippen MR) is 79.3 cm³/mol. The Morgan fingerprint density at radius 3 is 3.11 bits per heavy atom. The number of nitrogens with one attached hydrogen (secondary N) is 1. The maximum atomic E-state index is 4.52. The van der Waals surface area contributed by atoms with Gasteiger partial charge in [0, 0.05) is 22.3 Å². The molecular formula is C15H20N2S. The van der Waals surface area contributed by atoms with Crippen molar-refractivity contribution in [3.63, 3.8) is 0 Å². The third-order valence-electron chi connectivity index (χ3n) is 3.93. The van der Waals surface area contributed by atoms with Gasteiger partial charge < -0.3 is 5.32 Å². The summed E-state index contributed by atoms with van der Waals surface area (Å²) in [6.45, 7) is 4.75. The number of hydrogen-bond acceptors (Lipinski definition) is 3. The van der Waals surface area contributed by atoms with Crippen LogP contribution in [-0.2, 0) is 0 Å². The smallest absolute Gasteiger partial charge is 0.134 e. The van der Waals surface area contributed by atoms with Gasteiger partial charge in [0.1, 0.15) is 5.82 Å². The van der Waals surface area contributed by atoms with E-state index in [-0.39, 0.29) is 0 Å². The van der Waals surface area contributed by atoms with Crippen LogP contribution in [0.5, 0.6) is 0 Å². The van der Waals surface area contributed by atoms with Crippen molar-refractivity contribution in [3.8, 4) is 0 Å². The number of anilines is 1. The fraction of sp³-hybridized carbons (Fsp3) is 0.533. The van der Waals surface area contributed by atoms with Crippen LogP contribution < -0.4 is 5.32 Å². The van der Waals surface area contributed by atoms with Gasteiger partial charge in [0.15, 0.2) is 0 Å². The van der Waals surface area contributed by atoms with E-state index in [0.29, 0.717) is 11.5 Å². The number of aromatic nitrogens is 1. The summed E-state index contributed by atoms with van der Waals surface area (Å²) in [6, 6.07) is 4.84. The molecule has 2 heterocycles. The van der Waals surface area contributed by atoms with Crippen LogP contribution in [0.4, 0.5) is 5.82 Å². The van der Waals surface area contributed by atoms with E-state index in [9.17, 15) is 0 Å². The first-order valence-electron chi connectivity index (χ1n) is 6.73. The maximum Gasteiger partial charge on any atom is 0.134 e. The molecule has 1 fully saturated rings. The Balaban J connectivity index is 1.82. The van der Waals surface area contributed by atoms with Crippen LogP contribution in [0.2, 0.25) is 0 Å². The molecule has 0 saturated heterocycles. The lowest BCUT2D eigenvalue weighted by Gasteiger charge is -2.35. The molecule has 18 heavy (non-hydrogen) atoms. The van der Waals surface area contributed by atoms with Crippen molar-refractivity contribution in [2.75, 3.05) is 5.32 Å². The van der Waals surface area contributed by atoms with Crippen molar-refractivity contribution in [1.29, 1.82) is 0 Å². The number of hydrogen-bond donors (Lipinski definition) is 1. The summed E-state index contributed by atoms with van der Waals surface area (Å²) >= 11 is 1.78. The maximum absolute atomic E-state index is 4.52. The molecular weight excluding hydrogens is 240 g/mol. The molecule has 1 atom stereocenters. The zero-order valence-corrected chi connectivity index (χ0v) is 11.9. The molecule has 1 N–H and O–H groups in total. The van der Waals surface area contributed by atoms with Crippen molar-refractivity contribution >= 4 is 27.2 Å². The SMILES string of the molecule is CC1(C)CCCC(Nc2nccc3sccc23)C1. The summed E-state index contributed by atoms with van der Waals surface area (Å²) in [7, 11) is 0. The van der Waals surface area contributed by atoms with E-state index in [1.54, 1.807) is 11.3 Å². The van der Waals surface area contributed by atoms with E-state index in [1.807, 2.05) is 6.20 Å². The lowest BCUT2D eigenvalue weighted by molar-refractivity contribution is 0.229. The largest absolute Gasteiger partial charge is 0.367 e. The third-order valence-corrected chi connectivity index (χ3v) is 4.81. The Morgan fingerprint density at radius 1 is 1.39 bits per heavy atom. The van der Waals surface area contributed by atoms with Crippen molar-refractivity contribution in [2.45, 2.75) is 45.6 Å². The molecule has 3 heteroatoms. The Hall–Kier alpha value is -1.09. The summed E-state index contributed by atoms with van der Waals surface area (Å²) in [4.78, 5) is 4.52. The molecule has 1 unspecified atom stereocenters. The zero-order chi connectivity index (χ0) is 12.6. The second-order valence-electron chi connectivity index (χ2n) is 6.09. The van der Waals surface area contributed by atoms with Gasteiger partial charge in [-0.1, -0.05) is 20.3 Å². The molecule has 0 spiro atoms. The van der Waals surface area contributed by atoms with Gasteiger partial charge in [-0.2, -0.15) is 0 Å². The monoisotopic (exact) mass is 260 g/mol. The zero-order valence-electron chi connectivity index (χ0n) is 11.1. The summed E-state index contributed by atoms with van der Waals surface area (Å²) in [5.41, 5.74) is 0.471. The van der Waals surface area contributed by atoms with Crippen molar-refractivity contribution < 1.29 is 0 Å². The fourth-order valence-corrected chi connectivity index (χ4v) is 3.81. The van der Waals surface area contributed by atoms with Crippen LogP contribution in [0.3, 0.4) is 0 Å². The molecule has 1 saturated carbocycles. The second-order valence-corrected chi connectivity index (χ2v) is 7.04. The van der Waals surface area contributed by atoms with Crippen molar-refractivity contribution in [2.24, 2.45) is 5.41 Å². The third kappa shape index (κ3) is 2.37. The number of thiophene rings is 1. The van der Waals surface area contributed by atoms with Gasteiger partial charge in [-0.05, 0) is 42.2 Å². The summed E-state index contributed by atoms with van der Waals surface area (Å²) in [5.74, 6) is 1.07. The molecule has 1 aliphatic carbocycles. The van der Waals surface area contributed by atoms with Crippen LogP contribution in [0.1, 0.15) is 39.5 Å². The second kappa shape index (κ2) is 4.54. The van der Waals surface area contributed by atoms with Crippen LogP contribution in [0.25, 0.3) is 10.1 Å². The van der Waals surface area contributed by atoms with E-state index in [2.05, 4.69) is 41.7 Å². The van der Waals surface area contributed by atoms with Crippen LogP contribution in [0, 0.1) is 5.41 Å². The molecule has 0 aromatic carbocycles. The Kier molecular flexibility index (Phi) is 3.02. The van der Waals surface area contributed by atoms with E-state index >= 15 is 0 Å². The summed E-state index contributed by atoms with van der Waals surface area (Å²) in [6.07, 6.45) is 7.10. The lowest BCUT2D eigenvalue weighted by Crippen LogP contribution is -2.32. The highest BCUT2D eigenvalue weighted by atomic mass is 32.1. The first kappa shape index (κ1) is 12.0. The lowest BCUT2D eigenvalue weighted by atomic mass is 9.75. The summed E-state index contributed by atoms with van der Waals surface area (Å²) in [5, 5.41) is 7.07. The standard InChI is InChI=1S/C15H20N2S/c1-15(2)7-3-4-11(10-15)17-14-12-6-9-18-13(12)5-8-16-14/h5-6,8-9,11H,3-4,7,10H2,1-2H3,(H,16,17). The minimum Gasteiger partial charge on any atom is -0.367 e. The first-order chi connectivity index (χ1) is 8.64. The number of nitrogens with zero attached hydrogens (tertiary/aromatic N) is 1. The molecule has 3 rings (SSSR count). The van der Waals surface area contributed by atoms with Crippen molar-refractivity contribution in [3.05, 3.63) is 23.7 Å². The van der Waals surface area contributed by atoms with Gasteiger partial charge in [0.05, 0.1) is 0 Å². The average molecular weight is 260 g/mol. The van der Waals surface area contributed by atoms with Crippen LogP contribution in [0.15, 0.2) is 23.7 Å². The highest BCUT2D eigenvalue weighted by molar-refractivity contribution is 7.17. The van der Waals surface area contributed by atoms with Crippen LogP contribution in [-0.4, -0.2) is 11.0 Å². The predicted octanol–water partition coefficient (Wildman–Crippen LogP) is 4.68.